The molecular weight excluding hydrogens is 418 g/mol. The number of aromatic nitrogens is 2. The fourth-order valence-corrected chi connectivity index (χ4v) is 4.04. The first-order valence-electron chi connectivity index (χ1n) is 11.7. The first-order valence-corrected chi connectivity index (χ1v) is 11.7. The van der Waals surface area contributed by atoms with E-state index in [-0.39, 0.29) is 18.0 Å². The zero-order valence-corrected chi connectivity index (χ0v) is 18.8. The number of amides is 3. The number of carbonyl (C=O) groups excluding carboxylic acids is 2. The summed E-state index contributed by atoms with van der Waals surface area (Å²) in [6, 6.07) is 13.3. The topological polar surface area (TPSA) is 96.8 Å². The number of anilines is 1. The Kier molecular flexibility index (Phi) is 7.79. The normalized spacial score (nSPS) is 14.1. The summed E-state index contributed by atoms with van der Waals surface area (Å²) in [5, 5.41) is 8.75. The summed E-state index contributed by atoms with van der Waals surface area (Å²) in [5.41, 5.74) is 2.38. The number of pyridine rings is 1. The number of rotatable bonds is 9. The standard InChI is InChI=1S/C25H31N5O3/c31-24(13-7-14-26-25(32)29-19-8-2-1-3-9-19)28-20-10-6-11-22(16-20)33-18-21-17-30-15-5-4-12-23(30)27-21/h4-6,10-12,15-17,19H,1-3,7-9,13-14,18H2,(H,28,31)(H2,26,29,32). The smallest absolute Gasteiger partial charge is 0.315 e. The molecule has 3 N–H and O–H groups in total. The van der Waals surface area contributed by atoms with Gasteiger partial charge < -0.3 is 25.1 Å². The number of benzene rings is 1. The Hall–Kier alpha value is -3.55. The van der Waals surface area contributed by atoms with E-state index in [2.05, 4.69) is 20.9 Å². The van der Waals surface area contributed by atoms with Crippen LogP contribution in [0.5, 0.6) is 5.75 Å². The van der Waals surface area contributed by atoms with Crippen molar-refractivity contribution < 1.29 is 14.3 Å². The van der Waals surface area contributed by atoms with Gasteiger partial charge in [-0.15, -0.1) is 0 Å². The molecule has 0 atom stereocenters. The van der Waals surface area contributed by atoms with Crippen LogP contribution in [0.1, 0.15) is 50.6 Å². The highest BCUT2D eigenvalue weighted by Gasteiger charge is 2.15. The average Bonchev–Trinajstić information content (AvgIpc) is 3.25. The third kappa shape index (κ3) is 6.97. The lowest BCUT2D eigenvalue weighted by atomic mass is 9.96. The quantitative estimate of drug-likeness (QED) is 0.425. The predicted octanol–water partition coefficient (Wildman–Crippen LogP) is 4.26. The van der Waals surface area contributed by atoms with E-state index in [0.29, 0.717) is 37.4 Å². The molecule has 1 aromatic carbocycles. The van der Waals surface area contributed by atoms with Crippen molar-refractivity contribution in [3.8, 4) is 5.75 Å². The Bertz CT molecular complexity index is 1040. The van der Waals surface area contributed by atoms with Crippen LogP contribution in [0, 0.1) is 0 Å². The molecule has 0 aliphatic heterocycles. The second-order valence-corrected chi connectivity index (χ2v) is 8.40. The Balaban J connectivity index is 1.16. The van der Waals surface area contributed by atoms with Crippen molar-refractivity contribution in [3.63, 3.8) is 0 Å². The number of hydrogen-bond acceptors (Lipinski definition) is 4. The molecule has 1 fully saturated rings. The predicted molar refractivity (Wildman–Crippen MR) is 127 cm³/mol. The minimum Gasteiger partial charge on any atom is -0.487 e. The molecule has 1 saturated carbocycles. The van der Waals surface area contributed by atoms with Gasteiger partial charge in [0.05, 0.1) is 5.69 Å². The molecule has 8 heteroatoms. The molecule has 1 aliphatic carbocycles. The first kappa shape index (κ1) is 22.6. The Labute approximate surface area is 193 Å². The van der Waals surface area contributed by atoms with E-state index in [0.717, 1.165) is 24.2 Å². The van der Waals surface area contributed by atoms with Crippen LogP contribution < -0.4 is 20.7 Å². The van der Waals surface area contributed by atoms with Crippen LogP contribution in [0.15, 0.2) is 54.9 Å². The highest BCUT2D eigenvalue weighted by molar-refractivity contribution is 5.90. The number of imidazole rings is 1. The molecule has 0 radical (unpaired) electrons. The summed E-state index contributed by atoms with van der Waals surface area (Å²) >= 11 is 0. The molecule has 33 heavy (non-hydrogen) atoms. The first-order chi connectivity index (χ1) is 16.2. The van der Waals surface area contributed by atoms with Gasteiger partial charge in [0.1, 0.15) is 18.0 Å². The van der Waals surface area contributed by atoms with Crippen LogP contribution in [-0.2, 0) is 11.4 Å². The van der Waals surface area contributed by atoms with Crippen LogP contribution in [0.3, 0.4) is 0 Å². The van der Waals surface area contributed by atoms with E-state index in [4.69, 9.17) is 4.74 Å². The van der Waals surface area contributed by atoms with E-state index in [1.54, 1.807) is 6.07 Å². The van der Waals surface area contributed by atoms with Gasteiger partial charge in [0, 0.05) is 43.2 Å². The Morgan fingerprint density at radius 3 is 2.82 bits per heavy atom. The number of fused-ring (bicyclic) bond motifs is 1. The van der Waals surface area contributed by atoms with E-state index in [9.17, 15) is 9.59 Å². The van der Waals surface area contributed by atoms with Crippen LogP contribution in [0.25, 0.3) is 5.65 Å². The van der Waals surface area contributed by atoms with Crippen LogP contribution >= 0.6 is 0 Å². The summed E-state index contributed by atoms with van der Waals surface area (Å²) in [5.74, 6) is 0.563. The summed E-state index contributed by atoms with van der Waals surface area (Å²) in [6.45, 7) is 0.807. The highest BCUT2D eigenvalue weighted by Crippen LogP contribution is 2.19. The third-order valence-electron chi connectivity index (χ3n) is 5.72. The molecule has 8 nitrogen and oxygen atoms in total. The maximum Gasteiger partial charge on any atom is 0.315 e. The minimum atomic E-state index is -0.141. The second-order valence-electron chi connectivity index (χ2n) is 8.40. The van der Waals surface area contributed by atoms with Gasteiger partial charge in [0.25, 0.3) is 0 Å². The maximum absolute atomic E-state index is 12.3. The zero-order valence-electron chi connectivity index (χ0n) is 18.8. The largest absolute Gasteiger partial charge is 0.487 e. The summed E-state index contributed by atoms with van der Waals surface area (Å²) in [7, 11) is 0. The maximum atomic E-state index is 12.3. The molecule has 1 aliphatic rings. The number of nitrogens with one attached hydrogen (secondary N) is 3. The summed E-state index contributed by atoms with van der Waals surface area (Å²) in [6.07, 6.45) is 10.5. The third-order valence-corrected chi connectivity index (χ3v) is 5.72. The Morgan fingerprint density at radius 1 is 1.09 bits per heavy atom. The molecule has 2 heterocycles. The fraction of sp³-hybridized carbons (Fsp3) is 0.400. The lowest BCUT2D eigenvalue weighted by Gasteiger charge is -2.22. The molecule has 0 bridgehead atoms. The van der Waals surface area contributed by atoms with Gasteiger partial charge in [-0.1, -0.05) is 31.4 Å². The molecule has 0 saturated heterocycles. The van der Waals surface area contributed by atoms with Crippen molar-refractivity contribution in [1.82, 2.24) is 20.0 Å². The highest BCUT2D eigenvalue weighted by atomic mass is 16.5. The van der Waals surface area contributed by atoms with Crippen LogP contribution in [-0.4, -0.2) is 33.9 Å². The van der Waals surface area contributed by atoms with Crippen molar-refractivity contribution in [2.45, 2.75) is 57.6 Å². The fourth-order valence-electron chi connectivity index (χ4n) is 4.04. The second kappa shape index (κ2) is 11.4. The van der Waals surface area contributed by atoms with Gasteiger partial charge in [0.2, 0.25) is 5.91 Å². The number of ether oxygens (including phenoxy) is 1. The Morgan fingerprint density at radius 2 is 1.97 bits per heavy atom. The van der Waals surface area contributed by atoms with Gasteiger partial charge in [-0.05, 0) is 43.5 Å². The van der Waals surface area contributed by atoms with Crippen LogP contribution in [0.2, 0.25) is 0 Å². The van der Waals surface area contributed by atoms with Gasteiger partial charge >= 0.3 is 6.03 Å². The van der Waals surface area contributed by atoms with Crippen molar-refractivity contribution in [3.05, 3.63) is 60.6 Å². The van der Waals surface area contributed by atoms with Crippen molar-refractivity contribution in [2.24, 2.45) is 0 Å². The van der Waals surface area contributed by atoms with Gasteiger partial charge in [-0.2, -0.15) is 0 Å². The number of nitrogens with zero attached hydrogens (tertiary/aromatic N) is 2. The van der Waals surface area contributed by atoms with Crippen molar-refractivity contribution in [2.75, 3.05) is 11.9 Å². The molecule has 3 amide bonds. The van der Waals surface area contributed by atoms with Gasteiger partial charge in [0.15, 0.2) is 0 Å². The molecule has 174 valence electrons. The lowest BCUT2D eigenvalue weighted by Crippen LogP contribution is -2.43. The zero-order chi connectivity index (χ0) is 22.9. The molecular formula is C25H31N5O3. The number of hydrogen-bond donors (Lipinski definition) is 3. The molecule has 3 aromatic rings. The van der Waals surface area contributed by atoms with Gasteiger partial charge in [-0.3, -0.25) is 4.79 Å². The SMILES string of the molecule is O=C(CCCNC(=O)NC1CCCCC1)Nc1cccc(OCc2cn3ccccc3n2)c1. The average molecular weight is 450 g/mol. The number of carbonyl (C=O) groups is 2. The summed E-state index contributed by atoms with van der Waals surface area (Å²) in [4.78, 5) is 28.7. The van der Waals surface area contributed by atoms with Crippen molar-refractivity contribution >= 4 is 23.3 Å². The van der Waals surface area contributed by atoms with Crippen LogP contribution in [0.4, 0.5) is 10.5 Å². The number of urea groups is 1. The lowest BCUT2D eigenvalue weighted by molar-refractivity contribution is -0.116. The van der Waals surface area contributed by atoms with E-state index < -0.39 is 0 Å². The minimum absolute atomic E-state index is 0.0954. The van der Waals surface area contributed by atoms with Gasteiger partial charge in [-0.25, -0.2) is 9.78 Å². The summed E-state index contributed by atoms with van der Waals surface area (Å²) < 4.78 is 7.80. The monoisotopic (exact) mass is 449 g/mol. The molecule has 2 aromatic heterocycles. The molecule has 0 unspecified atom stereocenters. The van der Waals surface area contributed by atoms with E-state index in [1.807, 2.05) is 53.2 Å². The molecule has 4 rings (SSSR count). The molecule has 0 spiro atoms. The van der Waals surface area contributed by atoms with E-state index in [1.165, 1.54) is 19.3 Å². The van der Waals surface area contributed by atoms with E-state index >= 15 is 0 Å². The van der Waals surface area contributed by atoms with Crippen molar-refractivity contribution in [1.29, 1.82) is 0 Å².